The van der Waals surface area contributed by atoms with E-state index >= 15 is 0 Å². The Balaban J connectivity index is 2.02. The van der Waals surface area contributed by atoms with E-state index in [1.165, 1.54) is 24.2 Å². The SMILES string of the molecule is Nc1ccc(SCc2nccn2C(F)F)cn1. The van der Waals surface area contributed by atoms with Gasteiger partial charge in [0.15, 0.2) is 0 Å². The van der Waals surface area contributed by atoms with Crippen molar-refractivity contribution >= 4 is 17.6 Å². The first-order valence-corrected chi connectivity index (χ1v) is 5.79. The van der Waals surface area contributed by atoms with Gasteiger partial charge in [0, 0.05) is 23.5 Å². The molecular formula is C10H10F2N4S. The van der Waals surface area contributed by atoms with Crippen LogP contribution in [0.15, 0.2) is 35.6 Å². The van der Waals surface area contributed by atoms with Gasteiger partial charge in [0.05, 0.1) is 5.75 Å². The predicted octanol–water partition coefficient (Wildman–Crippen LogP) is 2.55. The minimum atomic E-state index is -2.56. The number of nitrogen functional groups attached to an aromatic ring is 1. The van der Waals surface area contributed by atoms with Crippen LogP contribution >= 0.6 is 11.8 Å². The van der Waals surface area contributed by atoms with Crippen molar-refractivity contribution in [3.05, 3.63) is 36.5 Å². The highest BCUT2D eigenvalue weighted by Gasteiger charge is 2.11. The van der Waals surface area contributed by atoms with Crippen LogP contribution in [-0.4, -0.2) is 14.5 Å². The van der Waals surface area contributed by atoms with E-state index in [0.29, 0.717) is 17.4 Å². The van der Waals surface area contributed by atoms with Crippen molar-refractivity contribution in [1.82, 2.24) is 14.5 Å². The molecule has 2 heterocycles. The topological polar surface area (TPSA) is 56.7 Å². The molecule has 0 fully saturated rings. The van der Waals surface area contributed by atoms with E-state index in [9.17, 15) is 8.78 Å². The van der Waals surface area contributed by atoms with Crippen LogP contribution in [-0.2, 0) is 5.75 Å². The Hall–Kier alpha value is -1.63. The molecule has 2 aromatic rings. The van der Waals surface area contributed by atoms with E-state index in [-0.39, 0.29) is 0 Å². The molecule has 4 nitrogen and oxygen atoms in total. The molecule has 0 amide bonds. The van der Waals surface area contributed by atoms with Crippen LogP contribution in [0, 0.1) is 0 Å². The van der Waals surface area contributed by atoms with Crippen LogP contribution in [0.3, 0.4) is 0 Å². The highest BCUT2D eigenvalue weighted by molar-refractivity contribution is 7.98. The van der Waals surface area contributed by atoms with Crippen molar-refractivity contribution in [2.75, 3.05) is 5.73 Å². The summed E-state index contributed by atoms with van der Waals surface area (Å²) in [5, 5.41) is 0. The molecule has 0 aliphatic rings. The number of imidazole rings is 1. The number of nitrogens with zero attached hydrogens (tertiary/aromatic N) is 3. The van der Waals surface area contributed by atoms with Crippen LogP contribution in [0.2, 0.25) is 0 Å². The van der Waals surface area contributed by atoms with Gasteiger partial charge in [0.1, 0.15) is 11.6 Å². The predicted molar refractivity (Wildman–Crippen MR) is 61.7 cm³/mol. The van der Waals surface area contributed by atoms with Crippen molar-refractivity contribution in [2.45, 2.75) is 17.2 Å². The number of pyridine rings is 1. The zero-order valence-corrected chi connectivity index (χ0v) is 9.57. The van der Waals surface area contributed by atoms with Gasteiger partial charge in [-0.05, 0) is 12.1 Å². The van der Waals surface area contributed by atoms with Gasteiger partial charge in [0.25, 0.3) is 0 Å². The minimum absolute atomic E-state index is 0.335. The van der Waals surface area contributed by atoms with Crippen LogP contribution in [0.5, 0.6) is 0 Å². The third-order valence-corrected chi connectivity index (χ3v) is 3.06. The van der Waals surface area contributed by atoms with Gasteiger partial charge in [-0.1, -0.05) is 0 Å². The van der Waals surface area contributed by atoms with E-state index in [1.54, 1.807) is 18.3 Å². The maximum absolute atomic E-state index is 12.5. The number of aromatic nitrogens is 3. The van der Waals surface area contributed by atoms with Crippen LogP contribution in [0.4, 0.5) is 14.6 Å². The summed E-state index contributed by atoms with van der Waals surface area (Å²) in [5.41, 5.74) is 5.45. The van der Waals surface area contributed by atoms with E-state index < -0.39 is 6.55 Å². The fourth-order valence-corrected chi connectivity index (χ4v) is 2.07. The first-order valence-electron chi connectivity index (χ1n) is 4.81. The normalized spacial score (nSPS) is 11.0. The summed E-state index contributed by atoms with van der Waals surface area (Å²) in [5.74, 6) is 1.13. The lowest BCUT2D eigenvalue weighted by Gasteiger charge is -2.05. The molecule has 2 aromatic heterocycles. The summed E-state index contributed by atoms with van der Waals surface area (Å²) in [6, 6.07) is 3.46. The number of hydrogen-bond donors (Lipinski definition) is 1. The monoisotopic (exact) mass is 256 g/mol. The number of nitrogens with two attached hydrogens (primary N) is 1. The lowest BCUT2D eigenvalue weighted by Crippen LogP contribution is -2.02. The van der Waals surface area contributed by atoms with Gasteiger partial charge in [0.2, 0.25) is 0 Å². The fourth-order valence-electron chi connectivity index (χ4n) is 1.26. The summed E-state index contributed by atoms with van der Waals surface area (Å²) in [6.07, 6.45) is 4.24. The molecule has 17 heavy (non-hydrogen) atoms. The molecule has 0 radical (unpaired) electrons. The zero-order chi connectivity index (χ0) is 12.3. The van der Waals surface area contributed by atoms with Crippen molar-refractivity contribution in [3.8, 4) is 0 Å². The number of rotatable bonds is 4. The smallest absolute Gasteiger partial charge is 0.319 e. The van der Waals surface area contributed by atoms with Gasteiger partial charge >= 0.3 is 6.55 Å². The molecule has 90 valence electrons. The van der Waals surface area contributed by atoms with Gasteiger partial charge in [-0.2, -0.15) is 8.78 Å². The average molecular weight is 256 g/mol. The minimum Gasteiger partial charge on any atom is -0.384 e. The Kier molecular flexibility index (Phi) is 3.58. The highest BCUT2D eigenvalue weighted by atomic mass is 32.2. The second kappa shape index (κ2) is 5.13. The van der Waals surface area contributed by atoms with E-state index in [2.05, 4.69) is 9.97 Å². The van der Waals surface area contributed by atoms with Gasteiger partial charge in [-0.3, -0.25) is 4.57 Å². The second-order valence-corrected chi connectivity index (χ2v) is 4.28. The third-order valence-electron chi connectivity index (χ3n) is 2.09. The van der Waals surface area contributed by atoms with Crippen LogP contribution in [0.25, 0.3) is 0 Å². The first-order chi connectivity index (χ1) is 8.16. The Morgan fingerprint density at radius 1 is 1.35 bits per heavy atom. The number of alkyl halides is 2. The summed E-state index contributed by atoms with van der Waals surface area (Å²) in [7, 11) is 0. The van der Waals surface area contributed by atoms with E-state index in [4.69, 9.17) is 5.73 Å². The molecule has 0 bridgehead atoms. The molecule has 0 aromatic carbocycles. The number of halogens is 2. The maximum atomic E-state index is 12.5. The Morgan fingerprint density at radius 2 is 2.18 bits per heavy atom. The van der Waals surface area contributed by atoms with Gasteiger partial charge in [-0.15, -0.1) is 11.8 Å². The lowest BCUT2D eigenvalue weighted by atomic mass is 10.5. The largest absolute Gasteiger partial charge is 0.384 e. The third kappa shape index (κ3) is 2.94. The number of hydrogen-bond acceptors (Lipinski definition) is 4. The summed E-state index contributed by atoms with van der Waals surface area (Å²) >= 11 is 1.38. The molecule has 0 aliphatic carbocycles. The van der Waals surface area contributed by atoms with E-state index in [0.717, 1.165) is 9.46 Å². The van der Waals surface area contributed by atoms with Crippen LogP contribution < -0.4 is 5.73 Å². The molecule has 0 aliphatic heterocycles. The van der Waals surface area contributed by atoms with E-state index in [1.807, 2.05) is 0 Å². The summed E-state index contributed by atoms with van der Waals surface area (Å²) < 4.78 is 25.9. The molecule has 0 unspecified atom stereocenters. The molecule has 0 saturated carbocycles. The van der Waals surface area contributed by atoms with Crippen LogP contribution in [0.1, 0.15) is 12.4 Å². The molecule has 0 spiro atoms. The number of anilines is 1. The summed E-state index contributed by atoms with van der Waals surface area (Å²) in [4.78, 5) is 8.67. The maximum Gasteiger partial charge on any atom is 0.319 e. The summed E-state index contributed by atoms with van der Waals surface area (Å²) in [6.45, 7) is -2.56. The Bertz CT molecular complexity index is 483. The molecular weight excluding hydrogens is 246 g/mol. The van der Waals surface area contributed by atoms with Crippen molar-refractivity contribution in [3.63, 3.8) is 0 Å². The zero-order valence-electron chi connectivity index (χ0n) is 8.75. The lowest BCUT2D eigenvalue weighted by molar-refractivity contribution is 0.0678. The van der Waals surface area contributed by atoms with Crippen molar-refractivity contribution in [2.24, 2.45) is 0 Å². The standard InChI is InChI=1S/C10H10F2N4S/c11-10(12)16-4-3-14-9(16)6-17-7-1-2-8(13)15-5-7/h1-5,10H,6H2,(H2,13,15). The van der Waals surface area contributed by atoms with Crippen molar-refractivity contribution < 1.29 is 8.78 Å². The Labute approximate surface area is 101 Å². The molecule has 0 saturated heterocycles. The average Bonchev–Trinajstić information content (AvgIpc) is 2.76. The molecule has 0 atom stereocenters. The Morgan fingerprint density at radius 3 is 2.82 bits per heavy atom. The number of thioether (sulfide) groups is 1. The highest BCUT2D eigenvalue weighted by Crippen LogP contribution is 2.23. The fraction of sp³-hybridized carbons (Fsp3) is 0.200. The quantitative estimate of drug-likeness (QED) is 0.854. The van der Waals surface area contributed by atoms with Crippen molar-refractivity contribution in [1.29, 1.82) is 0 Å². The second-order valence-electron chi connectivity index (χ2n) is 3.24. The molecule has 7 heteroatoms. The van der Waals surface area contributed by atoms with Gasteiger partial charge in [-0.25, -0.2) is 9.97 Å². The molecule has 2 N–H and O–H groups in total. The first kappa shape index (κ1) is 11.8. The molecule has 2 rings (SSSR count). The van der Waals surface area contributed by atoms with Gasteiger partial charge < -0.3 is 5.73 Å².